The first kappa shape index (κ1) is 20.7. The minimum Gasteiger partial charge on any atom is -0.282 e. The van der Waals surface area contributed by atoms with E-state index in [1.807, 2.05) is 60.7 Å². The van der Waals surface area contributed by atoms with Gasteiger partial charge in [0.15, 0.2) is 0 Å². The number of rotatable bonds is 5. The third-order valence-corrected chi connectivity index (χ3v) is 4.42. The molecule has 0 aromatic heterocycles. The minimum atomic E-state index is -0.193. The highest BCUT2D eigenvalue weighted by atomic mass is 32.1. The van der Waals surface area contributed by atoms with E-state index in [0.717, 1.165) is 16.7 Å². The van der Waals surface area contributed by atoms with E-state index in [-0.39, 0.29) is 10.2 Å². The summed E-state index contributed by atoms with van der Waals surface area (Å²) in [7, 11) is 0. The van der Waals surface area contributed by atoms with Crippen molar-refractivity contribution in [3.63, 3.8) is 0 Å². The van der Waals surface area contributed by atoms with Crippen molar-refractivity contribution < 1.29 is 9.59 Å². The van der Waals surface area contributed by atoms with Crippen LogP contribution in [0.15, 0.2) is 85.4 Å². The standard InChI is InChI=1S/C16H14OS.C7H6OS/c1-2-12-7-3-4-8-13(12)11-14-9-5-6-10-15(14)16(17)18;8-7(9)6-4-2-1-3-5-6/h2-10H,1,11H2,(H,17,18);1-5H,(H,8,9). The predicted molar refractivity (Wildman–Crippen MR) is 119 cm³/mol. The zero-order valence-corrected chi connectivity index (χ0v) is 16.5. The maximum atomic E-state index is 11.5. The second kappa shape index (κ2) is 10.6. The van der Waals surface area contributed by atoms with Crippen molar-refractivity contribution in [3.05, 3.63) is 113 Å². The molecule has 27 heavy (non-hydrogen) atoms. The molecule has 0 spiro atoms. The molecule has 4 heteroatoms. The van der Waals surface area contributed by atoms with Crippen LogP contribution in [-0.4, -0.2) is 10.2 Å². The van der Waals surface area contributed by atoms with E-state index in [2.05, 4.69) is 37.9 Å². The normalized spacial score (nSPS) is 9.70. The molecule has 0 aliphatic carbocycles. The highest BCUT2D eigenvalue weighted by molar-refractivity contribution is 7.97. The summed E-state index contributed by atoms with van der Waals surface area (Å²) in [6.45, 7) is 3.81. The molecule has 0 heterocycles. The molecule has 0 bridgehead atoms. The van der Waals surface area contributed by atoms with Gasteiger partial charge in [0.2, 0.25) is 10.2 Å². The quantitative estimate of drug-likeness (QED) is 0.542. The summed E-state index contributed by atoms with van der Waals surface area (Å²) in [6, 6.07) is 24.6. The molecule has 0 fully saturated rings. The summed E-state index contributed by atoms with van der Waals surface area (Å²) >= 11 is 7.56. The van der Waals surface area contributed by atoms with Crippen LogP contribution in [0.2, 0.25) is 0 Å². The van der Waals surface area contributed by atoms with Crippen molar-refractivity contribution in [1.82, 2.24) is 0 Å². The lowest BCUT2D eigenvalue weighted by atomic mass is 9.97. The van der Waals surface area contributed by atoms with Gasteiger partial charge in [0, 0.05) is 11.1 Å². The Morgan fingerprint density at radius 3 is 1.85 bits per heavy atom. The predicted octanol–water partition coefficient (Wildman–Crippen LogP) is 5.75. The molecule has 0 aliphatic rings. The lowest BCUT2D eigenvalue weighted by molar-refractivity contribution is 0.108. The minimum absolute atomic E-state index is 0.185. The van der Waals surface area contributed by atoms with Crippen molar-refractivity contribution in [2.75, 3.05) is 0 Å². The van der Waals surface area contributed by atoms with Crippen LogP contribution < -0.4 is 0 Å². The topological polar surface area (TPSA) is 34.1 Å². The number of hydrogen-bond acceptors (Lipinski definition) is 2. The van der Waals surface area contributed by atoms with Gasteiger partial charge in [0.25, 0.3) is 0 Å². The van der Waals surface area contributed by atoms with E-state index in [9.17, 15) is 9.59 Å². The van der Waals surface area contributed by atoms with Crippen LogP contribution in [0.4, 0.5) is 0 Å². The van der Waals surface area contributed by atoms with Crippen LogP contribution in [0.5, 0.6) is 0 Å². The molecule has 3 aromatic rings. The number of carbonyl (C=O) groups excluding carboxylic acids is 2. The molecule has 0 N–H and O–H groups in total. The van der Waals surface area contributed by atoms with Gasteiger partial charge in [-0.3, -0.25) is 9.59 Å². The fourth-order valence-corrected chi connectivity index (χ4v) is 2.93. The molecule has 0 aliphatic heterocycles. The van der Waals surface area contributed by atoms with E-state index in [1.165, 1.54) is 0 Å². The van der Waals surface area contributed by atoms with Gasteiger partial charge < -0.3 is 0 Å². The molecule has 0 unspecified atom stereocenters. The van der Waals surface area contributed by atoms with Gasteiger partial charge in [-0.05, 0) is 23.1 Å². The summed E-state index contributed by atoms with van der Waals surface area (Å²) in [6.07, 6.45) is 2.55. The number of carbonyl (C=O) groups is 2. The van der Waals surface area contributed by atoms with Crippen molar-refractivity contribution >= 4 is 41.6 Å². The molecule has 3 aromatic carbocycles. The van der Waals surface area contributed by atoms with E-state index in [1.54, 1.807) is 18.2 Å². The second-order valence-corrected chi connectivity index (χ2v) is 6.53. The molecular formula is C23H20O2S2. The fourth-order valence-electron chi connectivity index (χ4n) is 2.56. The highest BCUT2D eigenvalue weighted by Gasteiger charge is 2.08. The van der Waals surface area contributed by atoms with Gasteiger partial charge >= 0.3 is 0 Å². The van der Waals surface area contributed by atoms with Crippen LogP contribution in [0, 0.1) is 0 Å². The van der Waals surface area contributed by atoms with Crippen LogP contribution in [0.3, 0.4) is 0 Å². The second-order valence-electron chi connectivity index (χ2n) is 5.71. The Balaban J connectivity index is 0.000000244. The summed E-state index contributed by atoms with van der Waals surface area (Å²) in [5, 5.41) is -0.378. The Hall–Kier alpha value is -2.56. The van der Waals surface area contributed by atoms with Crippen LogP contribution in [0.1, 0.15) is 37.4 Å². The van der Waals surface area contributed by atoms with E-state index in [4.69, 9.17) is 0 Å². The van der Waals surface area contributed by atoms with Gasteiger partial charge in [0.1, 0.15) is 0 Å². The molecule has 0 saturated carbocycles. The summed E-state index contributed by atoms with van der Waals surface area (Å²) in [5.74, 6) is 0. The van der Waals surface area contributed by atoms with E-state index >= 15 is 0 Å². The van der Waals surface area contributed by atoms with E-state index < -0.39 is 0 Å². The number of hydrogen-bond donors (Lipinski definition) is 2. The van der Waals surface area contributed by atoms with Crippen molar-refractivity contribution in [1.29, 1.82) is 0 Å². The Kier molecular flexibility index (Phi) is 8.11. The van der Waals surface area contributed by atoms with Crippen molar-refractivity contribution in [2.24, 2.45) is 0 Å². The first-order valence-electron chi connectivity index (χ1n) is 8.32. The van der Waals surface area contributed by atoms with Gasteiger partial charge in [-0.2, -0.15) is 0 Å². The Bertz CT molecular complexity index is 934. The van der Waals surface area contributed by atoms with Gasteiger partial charge in [-0.1, -0.05) is 91.5 Å². The Morgan fingerprint density at radius 2 is 1.30 bits per heavy atom. The van der Waals surface area contributed by atoms with Gasteiger partial charge in [0.05, 0.1) is 0 Å². The SMILES string of the molecule is C=Cc1ccccc1Cc1ccccc1C(=O)S.O=C(S)c1ccccc1. The molecule has 0 radical (unpaired) electrons. The van der Waals surface area contributed by atoms with Gasteiger partial charge in [-0.15, -0.1) is 25.3 Å². The summed E-state index contributed by atoms with van der Waals surface area (Å²) in [4.78, 5) is 22.0. The number of thiol groups is 2. The zero-order valence-electron chi connectivity index (χ0n) is 14.7. The molecule has 0 atom stereocenters. The van der Waals surface area contributed by atoms with Crippen molar-refractivity contribution in [3.8, 4) is 0 Å². The molecule has 0 amide bonds. The average Bonchev–Trinajstić information content (AvgIpc) is 2.70. The fraction of sp³-hybridized carbons (Fsp3) is 0.0435. The van der Waals surface area contributed by atoms with Crippen LogP contribution in [-0.2, 0) is 6.42 Å². The number of benzene rings is 3. The largest absolute Gasteiger partial charge is 0.282 e. The third-order valence-electron chi connectivity index (χ3n) is 3.92. The van der Waals surface area contributed by atoms with Crippen LogP contribution >= 0.6 is 25.3 Å². The monoisotopic (exact) mass is 392 g/mol. The lowest BCUT2D eigenvalue weighted by Gasteiger charge is -2.09. The van der Waals surface area contributed by atoms with E-state index in [0.29, 0.717) is 17.5 Å². The first-order valence-corrected chi connectivity index (χ1v) is 9.22. The molecule has 2 nitrogen and oxygen atoms in total. The first-order chi connectivity index (χ1) is 13.0. The lowest BCUT2D eigenvalue weighted by Crippen LogP contribution is -1.99. The average molecular weight is 393 g/mol. The third kappa shape index (κ3) is 6.27. The van der Waals surface area contributed by atoms with Crippen molar-refractivity contribution in [2.45, 2.75) is 6.42 Å². The maximum absolute atomic E-state index is 11.5. The van der Waals surface area contributed by atoms with Crippen LogP contribution in [0.25, 0.3) is 6.08 Å². The maximum Gasteiger partial charge on any atom is 0.216 e. The summed E-state index contributed by atoms with van der Waals surface area (Å²) in [5.41, 5.74) is 4.56. The molecule has 3 rings (SSSR count). The Morgan fingerprint density at radius 1 is 0.741 bits per heavy atom. The zero-order chi connectivity index (χ0) is 19.6. The van der Waals surface area contributed by atoms with Gasteiger partial charge in [-0.25, -0.2) is 0 Å². The Labute approximate surface area is 170 Å². The highest BCUT2D eigenvalue weighted by Crippen LogP contribution is 2.19. The molecular weight excluding hydrogens is 372 g/mol. The molecule has 0 saturated heterocycles. The smallest absolute Gasteiger partial charge is 0.216 e. The summed E-state index contributed by atoms with van der Waals surface area (Å²) < 4.78 is 0. The molecule has 136 valence electrons.